The van der Waals surface area contributed by atoms with Gasteiger partial charge in [0, 0.05) is 12.1 Å². The molecule has 25 heavy (non-hydrogen) atoms. The van der Waals surface area contributed by atoms with Crippen LogP contribution >= 0.6 is 0 Å². The van der Waals surface area contributed by atoms with Gasteiger partial charge in [0.2, 0.25) is 0 Å². The predicted octanol–water partition coefficient (Wildman–Crippen LogP) is 3.45. The summed E-state index contributed by atoms with van der Waals surface area (Å²) in [4.78, 5) is 25.9. The molecule has 0 saturated heterocycles. The van der Waals surface area contributed by atoms with E-state index < -0.39 is 29.2 Å². The highest BCUT2D eigenvalue weighted by atomic mass is 19.4. The Kier molecular flexibility index (Phi) is 4.06. The molecule has 2 aromatic heterocycles. The third kappa shape index (κ3) is 2.99. The van der Waals surface area contributed by atoms with Gasteiger partial charge in [0.1, 0.15) is 5.52 Å². The largest absolute Gasteiger partial charge is 0.481 e. The monoisotopic (exact) mass is 352 g/mol. The lowest BCUT2D eigenvalue weighted by Gasteiger charge is -2.13. The Morgan fingerprint density at radius 1 is 1.24 bits per heavy atom. The average molecular weight is 352 g/mol. The van der Waals surface area contributed by atoms with Gasteiger partial charge >= 0.3 is 12.1 Å². The lowest BCUT2D eigenvalue weighted by molar-refractivity contribution is -0.142. The molecule has 5 nitrogen and oxygen atoms in total. The number of carboxylic acids is 1. The average Bonchev–Trinajstić information content (AvgIpc) is 2.95. The van der Waals surface area contributed by atoms with Crippen molar-refractivity contribution in [2.24, 2.45) is 5.92 Å². The molecule has 2 N–H and O–H groups in total. The quantitative estimate of drug-likeness (QED) is 0.755. The summed E-state index contributed by atoms with van der Waals surface area (Å²) in [6, 6.07) is 6.28. The van der Waals surface area contributed by atoms with E-state index in [4.69, 9.17) is 0 Å². The van der Waals surface area contributed by atoms with Crippen molar-refractivity contribution in [3.8, 4) is 0 Å². The lowest BCUT2D eigenvalue weighted by Crippen LogP contribution is -2.18. The first-order chi connectivity index (χ1) is 11.7. The van der Waals surface area contributed by atoms with Crippen LogP contribution in [0.5, 0.6) is 0 Å². The van der Waals surface area contributed by atoms with Crippen molar-refractivity contribution in [1.82, 2.24) is 9.38 Å². The van der Waals surface area contributed by atoms with E-state index in [1.807, 2.05) is 0 Å². The Morgan fingerprint density at radius 3 is 2.52 bits per heavy atom. The molecule has 0 aliphatic heterocycles. The van der Waals surface area contributed by atoms with Crippen molar-refractivity contribution in [3.63, 3.8) is 0 Å². The maximum absolute atomic E-state index is 12.9. The Labute approximate surface area is 139 Å². The third-order valence-corrected chi connectivity index (χ3v) is 4.30. The van der Waals surface area contributed by atoms with Crippen LogP contribution in [-0.4, -0.2) is 20.5 Å². The molecular weight excluding hydrogens is 337 g/mol. The van der Waals surface area contributed by atoms with Crippen molar-refractivity contribution in [1.29, 1.82) is 0 Å². The Balaban J connectivity index is 2.24. The molecule has 132 valence electrons. The van der Waals surface area contributed by atoms with Crippen LogP contribution in [0.1, 0.15) is 24.6 Å². The summed E-state index contributed by atoms with van der Waals surface area (Å²) in [5, 5.41) is 9.24. The molecule has 0 aliphatic rings. The van der Waals surface area contributed by atoms with Crippen LogP contribution in [0.25, 0.3) is 16.6 Å². The molecule has 1 atom stereocenters. The number of hydrogen-bond acceptors (Lipinski definition) is 2. The van der Waals surface area contributed by atoms with Crippen LogP contribution in [0.3, 0.4) is 0 Å². The third-order valence-electron chi connectivity index (χ3n) is 4.30. The Bertz CT molecular complexity index is 1020. The van der Waals surface area contributed by atoms with E-state index in [1.54, 1.807) is 19.1 Å². The number of carboxylic acid groups (broad SMARTS) is 1. The molecule has 3 aromatic rings. The zero-order chi connectivity index (χ0) is 18.4. The molecule has 1 aromatic carbocycles. The number of nitrogens with one attached hydrogen (secondary N) is 1. The van der Waals surface area contributed by atoms with Gasteiger partial charge in [-0.3, -0.25) is 9.59 Å². The number of benzene rings is 1. The Morgan fingerprint density at radius 2 is 1.92 bits per heavy atom. The number of aromatic nitrogens is 2. The molecule has 8 heteroatoms. The maximum atomic E-state index is 12.9. The van der Waals surface area contributed by atoms with Gasteiger partial charge in [0.15, 0.2) is 0 Å². The van der Waals surface area contributed by atoms with Crippen molar-refractivity contribution >= 4 is 22.5 Å². The number of H-pyrrole nitrogens is 1. The van der Waals surface area contributed by atoms with E-state index in [2.05, 4.69) is 4.98 Å². The van der Waals surface area contributed by atoms with Gasteiger partial charge in [-0.25, -0.2) is 0 Å². The van der Waals surface area contributed by atoms with Crippen LogP contribution in [0.4, 0.5) is 13.2 Å². The predicted molar refractivity (Wildman–Crippen MR) is 85.6 cm³/mol. The van der Waals surface area contributed by atoms with E-state index >= 15 is 0 Å². The highest BCUT2D eigenvalue weighted by Crippen LogP contribution is 2.31. The number of rotatable bonds is 4. The zero-order valence-electron chi connectivity index (χ0n) is 13.2. The second-order valence-corrected chi connectivity index (χ2v) is 5.88. The van der Waals surface area contributed by atoms with Crippen LogP contribution in [0, 0.1) is 5.92 Å². The van der Waals surface area contributed by atoms with Gasteiger partial charge in [-0.05, 0) is 36.8 Å². The fourth-order valence-corrected chi connectivity index (χ4v) is 2.95. The first kappa shape index (κ1) is 17.1. The topological polar surface area (TPSA) is 74.6 Å². The van der Waals surface area contributed by atoms with E-state index in [1.165, 1.54) is 10.5 Å². The minimum atomic E-state index is -4.52. The van der Waals surface area contributed by atoms with E-state index in [-0.39, 0.29) is 17.5 Å². The van der Waals surface area contributed by atoms with Crippen molar-refractivity contribution in [2.45, 2.75) is 25.9 Å². The van der Waals surface area contributed by atoms with Crippen LogP contribution in [-0.2, 0) is 17.4 Å². The minimum absolute atomic E-state index is 0.0492. The van der Waals surface area contributed by atoms with Gasteiger partial charge in [-0.1, -0.05) is 6.92 Å². The SMILES string of the molecule is CCC(Cc1ccc2c(=O)[nH]c3cc(C(F)(F)F)ccc3n12)C(=O)O. The number of nitrogens with zero attached hydrogens (tertiary/aromatic N) is 1. The van der Waals surface area contributed by atoms with Crippen molar-refractivity contribution in [3.05, 3.63) is 51.9 Å². The number of aromatic amines is 1. The van der Waals surface area contributed by atoms with Gasteiger partial charge in [-0.2, -0.15) is 13.2 Å². The van der Waals surface area contributed by atoms with Crippen LogP contribution in [0.2, 0.25) is 0 Å². The normalized spacial score (nSPS) is 13.4. The standard InChI is InChI=1S/C17H15F3N2O3/c1-2-9(16(24)25)7-11-4-6-14-15(23)21-12-8-10(17(18,19)20)3-5-13(12)22(11)14/h3-6,8-9H,2,7H2,1H3,(H,21,23)(H,24,25). The maximum Gasteiger partial charge on any atom is 0.416 e. The highest BCUT2D eigenvalue weighted by molar-refractivity contribution is 5.80. The first-order valence-electron chi connectivity index (χ1n) is 7.68. The van der Waals surface area contributed by atoms with E-state index in [0.717, 1.165) is 12.1 Å². The number of hydrogen-bond donors (Lipinski definition) is 2. The number of carbonyl (C=O) groups is 1. The van der Waals surface area contributed by atoms with Crippen molar-refractivity contribution < 1.29 is 23.1 Å². The van der Waals surface area contributed by atoms with E-state index in [0.29, 0.717) is 17.6 Å². The number of aliphatic carboxylic acids is 1. The van der Waals surface area contributed by atoms with Gasteiger partial charge in [-0.15, -0.1) is 0 Å². The molecule has 3 rings (SSSR count). The minimum Gasteiger partial charge on any atom is -0.481 e. The summed E-state index contributed by atoms with van der Waals surface area (Å²) in [6.45, 7) is 1.75. The summed E-state index contributed by atoms with van der Waals surface area (Å²) in [5.74, 6) is -1.59. The summed E-state index contributed by atoms with van der Waals surface area (Å²) in [6.07, 6.45) is -3.93. The number of halogens is 3. The van der Waals surface area contributed by atoms with Gasteiger partial charge in [0.25, 0.3) is 5.56 Å². The fourth-order valence-electron chi connectivity index (χ4n) is 2.95. The number of fused-ring (bicyclic) bond motifs is 3. The molecule has 0 radical (unpaired) electrons. The summed E-state index contributed by atoms with van der Waals surface area (Å²) in [5.41, 5.74) is -0.110. The molecule has 0 saturated carbocycles. The second kappa shape index (κ2) is 5.94. The van der Waals surface area contributed by atoms with Gasteiger partial charge in [0.05, 0.1) is 22.5 Å². The first-order valence-corrected chi connectivity index (χ1v) is 7.68. The van der Waals surface area contributed by atoms with Gasteiger partial charge < -0.3 is 14.5 Å². The summed E-state index contributed by atoms with van der Waals surface area (Å²) >= 11 is 0. The molecule has 0 bridgehead atoms. The zero-order valence-corrected chi connectivity index (χ0v) is 13.2. The fraction of sp³-hybridized carbons (Fsp3) is 0.294. The molecule has 1 unspecified atom stereocenters. The molecule has 0 spiro atoms. The molecule has 0 aliphatic carbocycles. The summed E-state index contributed by atoms with van der Waals surface area (Å²) in [7, 11) is 0. The number of alkyl halides is 3. The molecule has 2 heterocycles. The molecule has 0 fully saturated rings. The van der Waals surface area contributed by atoms with Crippen molar-refractivity contribution in [2.75, 3.05) is 0 Å². The lowest BCUT2D eigenvalue weighted by atomic mass is 10.0. The molecular formula is C17H15F3N2O3. The molecule has 0 amide bonds. The smallest absolute Gasteiger partial charge is 0.416 e. The van der Waals surface area contributed by atoms with E-state index in [9.17, 15) is 27.9 Å². The Hall–Kier alpha value is -2.77. The van der Waals surface area contributed by atoms with Crippen LogP contribution in [0.15, 0.2) is 35.1 Å². The second-order valence-electron chi connectivity index (χ2n) is 5.88. The van der Waals surface area contributed by atoms with Crippen LogP contribution < -0.4 is 5.56 Å². The highest BCUT2D eigenvalue weighted by Gasteiger charge is 2.31. The summed E-state index contributed by atoms with van der Waals surface area (Å²) < 4.78 is 40.2.